The molecule has 17 heavy (non-hydrogen) atoms. The predicted octanol–water partition coefficient (Wildman–Crippen LogP) is 2.89. The molecule has 0 aromatic carbocycles. The van der Waals surface area contributed by atoms with Crippen molar-refractivity contribution >= 4 is 0 Å². The van der Waals surface area contributed by atoms with Gasteiger partial charge in [0.2, 0.25) is 0 Å². The second-order valence-electron chi connectivity index (χ2n) is 7.84. The number of hydrogen-bond acceptors (Lipinski definition) is 2. The molecule has 2 fully saturated rings. The molecule has 1 aliphatic carbocycles. The molecular formula is C15H30N2. The van der Waals surface area contributed by atoms with E-state index in [1.54, 1.807) is 0 Å². The molecule has 0 aromatic rings. The summed E-state index contributed by atoms with van der Waals surface area (Å²) in [6, 6.07) is 1.54. The molecule has 0 amide bonds. The van der Waals surface area contributed by atoms with Crippen molar-refractivity contribution in [3.8, 4) is 0 Å². The van der Waals surface area contributed by atoms with Crippen molar-refractivity contribution in [3.05, 3.63) is 0 Å². The SMILES string of the molecule is CNC1CCN(C2CC(C)(C)CC(C)(C)C2)C1. The number of likely N-dealkylation sites (tertiary alicyclic amines) is 1. The van der Waals surface area contributed by atoms with Gasteiger partial charge in [-0.1, -0.05) is 27.7 Å². The molecule has 0 spiro atoms. The first-order valence-corrected chi connectivity index (χ1v) is 7.23. The lowest BCUT2D eigenvalue weighted by Gasteiger charge is -2.47. The molecule has 1 aliphatic heterocycles. The Kier molecular flexibility index (Phi) is 3.57. The Hall–Kier alpha value is -0.0800. The van der Waals surface area contributed by atoms with Gasteiger partial charge < -0.3 is 5.32 Å². The van der Waals surface area contributed by atoms with Gasteiger partial charge in [-0.15, -0.1) is 0 Å². The van der Waals surface area contributed by atoms with Crippen LogP contribution in [-0.2, 0) is 0 Å². The monoisotopic (exact) mass is 238 g/mol. The topological polar surface area (TPSA) is 15.3 Å². The first-order chi connectivity index (χ1) is 7.81. The average Bonchev–Trinajstić information content (AvgIpc) is 2.60. The predicted molar refractivity (Wildman–Crippen MR) is 74.2 cm³/mol. The summed E-state index contributed by atoms with van der Waals surface area (Å²) in [4.78, 5) is 2.74. The third-order valence-electron chi connectivity index (χ3n) is 4.68. The highest BCUT2D eigenvalue weighted by Gasteiger charge is 2.41. The largest absolute Gasteiger partial charge is 0.316 e. The molecule has 100 valence electrons. The van der Waals surface area contributed by atoms with E-state index < -0.39 is 0 Å². The summed E-state index contributed by atoms with van der Waals surface area (Å²) in [5.74, 6) is 0. The summed E-state index contributed by atoms with van der Waals surface area (Å²) >= 11 is 0. The molecular weight excluding hydrogens is 208 g/mol. The Balaban J connectivity index is 2.01. The van der Waals surface area contributed by atoms with Gasteiger partial charge >= 0.3 is 0 Å². The van der Waals surface area contributed by atoms with Gasteiger partial charge in [-0.3, -0.25) is 4.90 Å². The van der Waals surface area contributed by atoms with E-state index in [0.29, 0.717) is 10.8 Å². The van der Waals surface area contributed by atoms with E-state index >= 15 is 0 Å². The van der Waals surface area contributed by atoms with E-state index in [1.165, 1.54) is 38.8 Å². The molecule has 1 N–H and O–H groups in total. The maximum Gasteiger partial charge on any atom is 0.0204 e. The van der Waals surface area contributed by atoms with Gasteiger partial charge in [0.05, 0.1) is 0 Å². The van der Waals surface area contributed by atoms with Gasteiger partial charge in [-0.25, -0.2) is 0 Å². The lowest BCUT2D eigenvalue weighted by Crippen LogP contribution is -2.46. The fourth-order valence-corrected chi connectivity index (χ4v) is 4.40. The van der Waals surface area contributed by atoms with Crippen LogP contribution in [0.25, 0.3) is 0 Å². The standard InChI is InChI=1S/C15H30N2/c1-14(2)8-13(9-15(3,4)11-14)17-7-6-12(10-17)16-5/h12-13,16H,6-11H2,1-5H3. The smallest absolute Gasteiger partial charge is 0.0204 e. The van der Waals surface area contributed by atoms with E-state index in [4.69, 9.17) is 0 Å². The molecule has 2 nitrogen and oxygen atoms in total. The summed E-state index contributed by atoms with van der Waals surface area (Å²) in [5.41, 5.74) is 1.04. The van der Waals surface area contributed by atoms with Crippen LogP contribution < -0.4 is 5.32 Å². The minimum atomic E-state index is 0.518. The van der Waals surface area contributed by atoms with Crippen LogP contribution in [0.5, 0.6) is 0 Å². The summed E-state index contributed by atoms with van der Waals surface area (Å²) in [6.07, 6.45) is 5.47. The fourth-order valence-electron chi connectivity index (χ4n) is 4.40. The molecule has 2 heteroatoms. The van der Waals surface area contributed by atoms with Crippen molar-refractivity contribution in [1.29, 1.82) is 0 Å². The summed E-state index contributed by atoms with van der Waals surface area (Å²) in [5, 5.41) is 3.43. The highest BCUT2D eigenvalue weighted by Crippen LogP contribution is 2.47. The molecule has 1 heterocycles. The zero-order valence-corrected chi connectivity index (χ0v) is 12.3. The van der Waals surface area contributed by atoms with Gasteiger partial charge in [-0.2, -0.15) is 0 Å². The highest BCUT2D eigenvalue weighted by atomic mass is 15.2. The van der Waals surface area contributed by atoms with Crippen LogP contribution in [0.1, 0.15) is 53.4 Å². The molecule has 2 aliphatic rings. The van der Waals surface area contributed by atoms with Crippen LogP contribution >= 0.6 is 0 Å². The van der Waals surface area contributed by atoms with Crippen LogP contribution in [0.3, 0.4) is 0 Å². The third-order valence-corrected chi connectivity index (χ3v) is 4.68. The molecule has 1 saturated carbocycles. The quantitative estimate of drug-likeness (QED) is 0.796. The van der Waals surface area contributed by atoms with Crippen molar-refractivity contribution in [1.82, 2.24) is 10.2 Å². The Morgan fingerprint density at radius 1 is 1.06 bits per heavy atom. The highest BCUT2D eigenvalue weighted by molar-refractivity contribution is 4.95. The van der Waals surface area contributed by atoms with Crippen LogP contribution in [0, 0.1) is 10.8 Å². The molecule has 0 aromatic heterocycles. The van der Waals surface area contributed by atoms with Crippen LogP contribution in [0.4, 0.5) is 0 Å². The average molecular weight is 238 g/mol. The van der Waals surface area contributed by atoms with Crippen molar-refractivity contribution in [2.45, 2.75) is 65.5 Å². The molecule has 0 bridgehead atoms. The lowest BCUT2D eigenvalue weighted by atomic mass is 9.63. The minimum absolute atomic E-state index is 0.518. The number of nitrogens with zero attached hydrogens (tertiary/aromatic N) is 1. The summed E-state index contributed by atoms with van der Waals surface area (Å²) in [6.45, 7) is 12.4. The molecule has 0 radical (unpaired) electrons. The van der Waals surface area contributed by atoms with Gasteiger partial charge in [0, 0.05) is 25.2 Å². The minimum Gasteiger partial charge on any atom is -0.316 e. The Bertz CT molecular complexity index is 254. The first kappa shape index (κ1) is 13.4. The maximum absolute atomic E-state index is 3.43. The summed E-state index contributed by atoms with van der Waals surface area (Å²) in [7, 11) is 2.10. The molecule has 1 saturated heterocycles. The third kappa shape index (κ3) is 3.23. The van der Waals surface area contributed by atoms with Crippen LogP contribution in [0.15, 0.2) is 0 Å². The number of rotatable bonds is 2. The zero-order chi connectivity index (χ0) is 12.7. The van der Waals surface area contributed by atoms with Crippen molar-refractivity contribution in [2.24, 2.45) is 10.8 Å². The van der Waals surface area contributed by atoms with E-state index in [9.17, 15) is 0 Å². The Morgan fingerprint density at radius 2 is 1.65 bits per heavy atom. The second kappa shape index (κ2) is 4.55. The normalized spacial score (nSPS) is 34.1. The first-order valence-electron chi connectivity index (χ1n) is 7.23. The second-order valence-corrected chi connectivity index (χ2v) is 7.84. The maximum atomic E-state index is 3.43. The van der Waals surface area contributed by atoms with E-state index in [0.717, 1.165) is 12.1 Å². The van der Waals surface area contributed by atoms with E-state index in [-0.39, 0.29) is 0 Å². The molecule has 2 rings (SSSR count). The van der Waals surface area contributed by atoms with Gasteiger partial charge in [0.1, 0.15) is 0 Å². The number of hydrogen-bond donors (Lipinski definition) is 1. The zero-order valence-electron chi connectivity index (χ0n) is 12.3. The van der Waals surface area contributed by atoms with Gasteiger partial charge in [0.15, 0.2) is 0 Å². The Morgan fingerprint density at radius 3 is 2.12 bits per heavy atom. The molecule has 1 unspecified atom stereocenters. The van der Waals surface area contributed by atoms with E-state index in [1.807, 2.05) is 0 Å². The fraction of sp³-hybridized carbons (Fsp3) is 1.00. The summed E-state index contributed by atoms with van der Waals surface area (Å²) < 4.78 is 0. The van der Waals surface area contributed by atoms with E-state index in [2.05, 4.69) is 45.0 Å². The van der Waals surface area contributed by atoms with Crippen molar-refractivity contribution in [2.75, 3.05) is 20.1 Å². The molecule has 1 atom stereocenters. The van der Waals surface area contributed by atoms with Crippen molar-refractivity contribution in [3.63, 3.8) is 0 Å². The van der Waals surface area contributed by atoms with Crippen molar-refractivity contribution < 1.29 is 0 Å². The number of likely N-dealkylation sites (N-methyl/N-ethyl adjacent to an activating group) is 1. The Labute approximate surface area is 107 Å². The van der Waals surface area contributed by atoms with Gasteiger partial charge in [-0.05, 0) is 43.6 Å². The number of nitrogens with one attached hydrogen (secondary N) is 1. The lowest BCUT2D eigenvalue weighted by molar-refractivity contribution is 0.0338. The van der Waals surface area contributed by atoms with Gasteiger partial charge in [0.25, 0.3) is 0 Å². The van der Waals surface area contributed by atoms with Crippen LogP contribution in [-0.4, -0.2) is 37.1 Å². The van der Waals surface area contributed by atoms with Crippen LogP contribution in [0.2, 0.25) is 0 Å².